The number of ether oxygens (including phenoxy) is 1. The maximum Gasteiger partial charge on any atom is 0.341 e. The Hall–Kier alpha value is -3.38. The summed E-state index contributed by atoms with van der Waals surface area (Å²) in [5.41, 5.74) is 2.35. The minimum Gasteiger partial charge on any atom is -0.462 e. The van der Waals surface area contributed by atoms with Gasteiger partial charge in [0.05, 0.1) is 27.7 Å². The van der Waals surface area contributed by atoms with E-state index in [4.69, 9.17) is 28.6 Å². The third kappa shape index (κ3) is 6.31. The molecule has 1 aromatic heterocycles. The molecular weight excluding hydrogens is 536 g/mol. The van der Waals surface area contributed by atoms with Crippen molar-refractivity contribution in [2.45, 2.75) is 26.4 Å². The highest BCUT2D eigenvalue weighted by Gasteiger charge is 2.29. The number of carbonyl (C=O) groups excluding carboxylic acids is 2. The number of esters is 1. The number of amides is 1. The molecule has 12 heteroatoms. The zero-order valence-electron chi connectivity index (χ0n) is 19.8. The summed E-state index contributed by atoms with van der Waals surface area (Å²) in [5, 5.41) is 16.8. The van der Waals surface area contributed by atoms with E-state index in [1.54, 1.807) is 6.92 Å². The fourth-order valence-corrected chi connectivity index (χ4v) is 5.85. The van der Waals surface area contributed by atoms with E-state index < -0.39 is 16.8 Å². The number of hydrogen-bond acceptors (Lipinski definition) is 8. The molecule has 1 aliphatic rings. The summed E-state index contributed by atoms with van der Waals surface area (Å²) < 4.78 is 5.30. The van der Waals surface area contributed by atoms with Gasteiger partial charge in [-0.05, 0) is 42.8 Å². The van der Waals surface area contributed by atoms with Gasteiger partial charge >= 0.3 is 5.97 Å². The molecule has 0 saturated heterocycles. The first kappa shape index (κ1) is 26.7. The molecule has 0 fully saturated rings. The monoisotopic (exact) mass is 558 g/mol. The van der Waals surface area contributed by atoms with Crippen molar-refractivity contribution in [2.75, 3.05) is 18.5 Å². The van der Waals surface area contributed by atoms with E-state index in [1.807, 2.05) is 18.2 Å². The Morgan fingerprint density at radius 2 is 2.00 bits per heavy atom. The van der Waals surface area contributed by atoms with E-state index in [1.165, 1.54) is 29.0 Å². The number of halogens is 1. The summed E-state index contributed by atoms with van der Waals surface area (Å²) in [6.07, 6.45) is 0.673. The Kier molecular flexibility index (Phi) is 8.49. The van der Waals surface area contributed by atoms with Gasteiger partial charge in [-0.3, -0.25) is 25.1 Å². The van der Waals surface area contributed by atoms with Crippen LogP contribution in [-0.2, 0) is 24.2 Å². The smallest absolute Gasteiger partial charge is 0.341 e. The van der Waals surface area contributed by atoms with E-state index >= 15 is 0 Å². The van der Waals surface area contributed by atoms with Crippen LogP contribution >= 0.6 is 35.2 Å². The summed E-state index contributed by atoms with van der Waals surface area (Å²) in [7, 11) is 0. The number of nitrogens with zero attached hydrogens (tertiary/aromatic N) is 2. The molecule has 192 valence electrons. The van der Waals surface area contributed by atoms with E-state index in [9.17, 15) is 19.7 Å². The van der Waals surface area contributed by atoms with Crippen LogP contribution in [0.2, 0.25) is 5.02 Å². The Balaban J connectivity index is 1.51. The van der Waals surface area contributed by atoms with Gasteiger partial charge in [-0.15, -0.1) is 11.3 Å². The fourth-order valence-electron chi connectivity index (χ4n) is 4.05. The van der Waals surface area contributed by atoms with Gasteiger partial charge in [0.15, 0.2) is 5.11 Å². The van der Waals surface area contributed by atoms with Crippen LogP contribution in [-0.4, -0.2) is 40.0 Å². The molecule has 1 aliphatic heterocycles. The lowest BCUT2D eigenvalue weighted by Crippen LogP contribution is -2.34. The molecule has 1 amide bonds. The number of carbonyl (C=O) groups is 2. The Morgan fingerprint density at radius 3 is 2.68 bits per heavy atom. The van der Waals surface area contributed by atoms with Crippen molar-refractivity contribution in [1.82, 2.24) is 10.2 Å². The van der Waals surface area contributed by atoms with Gasteiger partial charge in [-0.1, -0.05) is 41.9 Å². The largest absolute Gasteiger partial charge is 0.462 e. The quantitative estimate of drug-likeness (QED) is 0.177. The second-order valence-corrected chi connectivity index (χ2v) is 10.1. The van der Waals surface area contributed by atoms with Crippen LogP contribution in [0, 0.1) is 10.1 Å². The van der Waals surface area contributed by atoms with Gasteiger partial charge in [0, 0.05) is 36.6 Å². The van der Waals surface area contributed by atoms with Crippen molar-refractivity contribution in [2.24, 2.45) is 0 Å². The molecule has 2 heterocycles. The third-order valence-electron chi connectivity index (χ3n) is 5.73. The summed E-state index contributed by atoms with van der Waals surface area (Å²) in [4.78, 5) is 39.2. The van der Waals surface area contributed by atoms with Crippen molar-refractivity contribution in [1.29, 1.82) is 0 Å². The van der Waals surface area contributed by atoms with Gasteiger partial charge < -0.3 is 10.1 Å². The second kappa shape index (κ2) is 11.8. The van der Waals surface area contributed by atoms with E-state index in [2.05, 4.69) is 27.7 Å². The minimum atomic E-state index is -0.634. The molecule has 0 aliphatic carbocycles. The van der Waals surface area contributed by atoms with E-state index in [-0.39, 0.29) is 28.0 Å². The molecule has 0 unspecified atom stereocenters. The van der Waals surface area contributed by atoms with Gasteiger partial charge in [0.2, 0.25) is 0 Å². The number of nitro groups is 1. The predicted molar refractivity (Wildman–Crippen MR) is 146 cm³/mol. The molecule has 4 rings (SSSR count). The highest BCUT2D eigenvalue weighted by atomic mass is 35.5. The molecule has 2 aromatic carbocycles. The summed E-state index contributed by atoms with van der Waals surface area (Å²) >= 11 is 12.8. The first-order chi connectivity index (χ1) is 17.8. The summed E-state index contributed by atoms with van der Waals surface area (Å²) in [6.45, 7) is 4.21. The van der Waals surface area contributed by atoms with Crippen LogP contribution in [0.4, 0.5) is 10.7 Å². The maximum atomic E-state index is 12.9. The number of thiocarbonyl (C=S) groups is 1. The number of hydrogen-bond donors (Lipinski definition) is 2. The number of nitro benzene ring substituents is 1. The first-order valence-electron chi connectivity index (χ1n) is 11.4. The SMILES string of the molecule is CCOC(=O)c1c(NC(=S)NC(=O)c2ccc([N+](=O)[O-])cc2Cl)sc2c1CCN(Cc1ccccc1)C2. The Labute approximate surface area is 227 Å². The molecule has 0 saturated carbocycles. The van der Waals surface area contributed by atoms with Crippen LogP contribution in [0.3, 0.4) is 0 Å². The highest BCUT2D eigenvalue weighted by Crippen LogP contribution is 2.38. The van der Waals surface area contributed by atoms with Crippen molar-refractivity contribution < 1.29 is 19.2 Å². The molecular formula is C25H23ClN4O5S2. The number of anilines is 1. The number of thiophene rings is 1. The van der Waals surface area contributed by atoms with Crippen LogP contribution in [0.15, 0.2) is 48.5 Å². The standard InChI is InChI=1S/C25H23ClN4O5S2/c1-2-35-24(32)21-18-10-11-29(13-15-6-4-3-5-7-15)14-20(18)37-23(21)28-25(36)27-22(31)17-9-8-16(30(33)34)12-19(17)26/h3-9,12H,2,10-11,13-14H2,1H3,(H2,27,28,31,36). The van der Waals surface area contributed by atoms with Crippen molar-refractivity contribution in [3.63, 3.8) is 0 Å². The number of non-ortho nitro benzene ring substituents is 1. The molecule has 0 spiro atoms. The molecule has 0 bridgehead atoms. The highest BCUT2D eigenvalue weighted by molar-refractivity contribution is 7.80. The molecule has 0 radical (unpaired) electrons. The van der Waals surface area contributed by atoms with Crippen LogP contribution in [0.5, 0.6) is 0 Å². The Morgan fingerprint density at radius 1 is 1.24 bits per heavy atom. The maximum absolute atomic E-state index is 12.9. The van der Waals surface area contributed by atoms with Gasteiger partial charge in [-0.2, -0.15) is 0 Å². The van der Waals surface area contributed by atoms with E-state index in [0.717, 1.165) is 29.6 Å². The number of fused-ring (bicyclic) bond motifs is 1. The first-order valence-corrected chi connectivity index (χ1v) is 13.0. The fraction of sp³-hybridized carbons (Fsp3) is 0.240. The second-order valence-electron chi connectivity index (χ2n) is 8.20. The minimum absolute atomic E-state index is 0.0315. The van der Waals surface area contributed by atoms with Crippen molar-refractivity contribution in [3.05, 3.63) is 90.8 Å². The van der Waals surface area contributed by atoms with Gasteiger partial charge in [-0.25, -0.2) is 4.79 Å². The molecule has 2 N–H and O–H groups in total. The molecule has 3 aromatic rings. The third-order valence-corrected chi connectivity index (χ3v) is 7.38. The van der Waals surface area contributed by atoms with Crippen molar-refractivity contribution in [3.8, 4) is 0 Å². The van der Waals surface area contributed by atoms with Gasteiger partial charge in [0.1, 0.15) is 5.00 Å². The van der Waals surface area contributed by atoms with Crippen LogP contribution in [0.25, 0.3) is 0 Å². The molecule has 37 heavy (non-hydrogen) atoms. The molecule has 9 nitrogen and oxygen atoms in total. The molecule has 0 atom stereocenters. The van der Waals surface area contributed by atoms with Crippen LogP contribution < -0.4 is 10.6 Å². The predicted octanol–water partition coefficient (Wildman–Crippen LogP) is 5.17. The average molecular weight is 559 g/mol. The number of benzene rings is 2. The number of nitrogens with one attached hydrogen (secondary N) is 2. The lowest BCUT2D eigenvalue weighted by molar-refractivity contribution is -0.384. The van der Waals surface area contributed by atoms with Crippen molar-refractivity contribution >= 4 is 62.8 Å². The summed E-state index contributed by atoms with van der Waals surface area (Å²) in [6, 6.07) is 13.7. The normalized spacial score (nSPS) is 12.9. The van der Waals surface area contributed by atoms with E-state index in [0.29, 0.717) is 23.5 Å². The Bertz CT molecular complexity index is 1360. The average Bonchev–Trinajstić information content (AvgIpc) is 3.21. The number of rotatable bonds is 7. The lowest BCUT2D eigenvalue weighted by atomic mass is 10.0. The zero-order chi connectivity index (χ0) is 26.5. The van der Waals surface area contributed by atoms with Crippen LogP contribution in [0.1, 0.15) is 43.6 Å². The lowest BCUT2D eigenvalue weighted by Gasteiger charge is -2.27. The summed E-state index contributed by atoms with van der Waals surface area (Å²) in [5.74, 6) is -1.09. The zero-order valence-corrected chi connectivity index (χ0v) is 22.2. The van der Waals surface area contributed by atoms with Gasteiger partial charge in [0.25, 0.3) is 11.6 Å². The topological polar surface area (TPSA) is 114 Å².